The third-order valence-corrected chi connectivity index (χ3v) is 2.46. The van der Waals surface area contributed by atoms with Crippen LogP contribution in [0.5, 0.6) is 0 Å². The molecular formula is C11H21N5O. The zero-order valence-electron chi connectivity index (χ0n) is 10.7. The number of rotatable bonds is 6. The maximum Gasteiger partial charge on any atom is 0.242 e. The van der Waals surface area contributed by atoms with Crippen molar-refractivity contribution in [2.75, 3.05) is 0 Å². The number of hydrogen-bond acceptors (Lipinski definition) is 4. The third-order valence-electron chi connectivity index (χ3n) is 2.46. The number of carbonyl (C=O) groups excluding carboxylic acids is 1. The van der Waals surface area contributed by atoms with Crippen molar-refractivity contribution in [2.45, 2.75) is 52.2 Å². The Morgan fingerprint density at radius 3 is 2.82 bits per heavy atom. The predicted molar refractivity (Wildman–Crippen MR) is 65.1 cm³/mol. The number of carbonyl (C=O) groups is 1. The molecule has 3 N–H and O–H groups in total. The summed E-state index contributed by atoms with van der Waals surface area (Å²) in [6.45, 7) is 6.11. The summed E-state index contributed by atoms with van der Waals surface area (Å²) in [6.07, 6.45) is 3.74. The number of aromatic nitrogens is 3. The zero-order valence-corrected chi connectivity index (χ0v) is 10.7. The van der Waals surface area contributed by atoms with E-state index in [9.17, 15) is 4.79 Å². The summed E-state index contributed by atoms with van der Waals surface area (Å²) in [6, 6.07) is 0.0368. The molecule has 6 heteroatoms. The van der Waals surface area contributed by atoms with E-state index in [4.69, 9.17) is 5.73 Å². The number of hydrogen-bond donors (Lipinski definition) is 2. The normalized spacial score (nSPS) is 14.4. The Labute approximate surface area is 102 Å². The van der Waals surface area contributed by atoms with E-state index in [1.54, 1.807) is 6.20 Å². The lowest BCUT2D eigenvalue weighted by molar-refractivity contribution is -0.122. The second-order valence-electron chi connectivity index (χ2n) is 4.39. The van der Waals surface area contributed by atoms with E-state index in [1.165, 1.54) is 4.68 Å². The van der Waals surface area contributed by atoms with Crippen molar-refractivity contribution in [2.24, 2.45) is 5.73 Å². The van der Waals surface area contributed by atoms with Crippen molar-refractivity contribution in [1.29, 1.82) is 0 Å². The van der Waals surface area contributed by atoms with E-state index in [2.05, 4.69) is 22.6 Å². The van der Waals surface area contributed by atoms with Gasteiger partial charge in [0.25, 0.3) is 0 Å². The van der Waals surface area contributed by atoms with E-state index in [1.807, 2.05) is 13.8 Å². The second kappa shape index (κ2) is 6.34. The van der Waals surface area contributed by atoms with Crippen molar-refractivity contribution >= 4 is 5.91 Å². The van der Waals surface area contributed by atoms with Crippen molar-refractivity contribution in [3.05, 3.63) is 11.9 Å². The first-order chi connectivity index (χ1) is 8.02. The Hall–Kier alpha value is -1.43. The third kappa shape index (κ3) is 4.52. The Morgan fingerprint density at radius 1 is 1.59 bits per heavy atom. The summed E-state index contributed by atoms with van der Waals surface area (Å²) in [5, 5.41) is 10.7. The minimum Gasteiger partial charge on any atom is -0.352 e. The molecule has 2 unspecified atom stereocenters. The van der Waals surface area contributed by atoms with Gasteiger partial charge in [-0.05, 0) is 20.3 Å². The molecule has 1 aromatic heterocycles. The quantitative estimate of drug-likeness (QED) is 0.761. The molecule has 0 fully saturated rings. The van der Waals surface area contributed by atoms with Gasteiger partial charge < -0.3 is 11.1 Å². The van der Waals surface area contributed by atoms with Gasteiger partial charge in [0.05, 0.1) is 11.9 Å². The maximum atomic E-state index is 11.6. The first kappa shape index (κ1) is 13.6. The van der Waals surface area contributed by atoms with Gasteiger partial charge in [-0.1, -0.05) is 18.6 Å². The summed E-state index contributed by atoms with van der Waals surface area (Å²) >= 11 is 0. The Balaban J connectivity index is 2.44. The van der Waals surface area contributed by atoms with Crippen molar-refractivity contribution < 1.29 is 4.79 Å². The van der Waals surface area contributed by atoms with E-state index in [0.29, 0.717) is 5.69 Å². The van der Waals surface area contributed by atoms with E-state index < -0.39 is 0 Å². The molecule has 17 heavy (non-hydrogen) atoms. The molecule has 0 radical (unpaired) electrons. The zero-order chi connectivity index (χ0) is 12.8. The molecule has 0 aromatic carbocycles. The smallest absolute Gasteiger partial charge is 0.242 e. The Bertz CT molecular complexity index is 360. The molecule has 0 saturated heterocycles. The van der Waals surface area contributed by atoms with Crippen LogP contribution in [0.4, 0.5) is 0 Å². The average Bonchev–Trinajstić information content (AvgIpc) is 2.66. The van der Waals surface area contributed by atoms with Crippen molar-refractivity contribution in [3.63, 3.8) is 0 Å². The largest absolute Gasteiger partial charge is 0.352 e. The maximum absolute atomic E-state index is 11.6. The first-order valence-electron chi connectivity index (χ1n) is 5.98. The molecule has 0 bridgehead atoms. The highest BCUT2D eigenvalue weighted by Crippen LogP contribution is 2.03. The van der Waals surface area contributed by atoms with Gasteiger partial charge in [0.2, 0.25) is 5.91 Å². The fraction of sp³-hybridized carbons (Fsp3) is 0.727. The molecule has 1 amide bonds. The minimum atomic E-state index is -0.161. The predicted octanol–water partition coefficient (Wildman–Crippen LogP) is 0.603. The number of nitrogens with zero attached hydrogens (tertiary/aromatic N) is 3. The molecule has 1 rings (SSSR count). The van der Waals surface area contributed by atoms with E-state index in [0.717, 1.165) is 12.8 Å². The fourth-order valence-corrected chi connectivity index (χ4v) is 1.57. The monoisotopic (exact) mass is 239 g/mol. The van der Waals surface area contributed by atoms with Crippen LogP contribution in [0.25, 0.3) is 0 Å². The van der Waals surface area contributed by atoms with Gasteiger partial charge in [-0.3, -0.25) is 4.79 Å². The Kier molecular flexibility index (Phi) is 5.09. The van der Waals surface area contributed by atoms with Crippen LogP contribution in [0.1, 0.15) is 45.3 Å². The lowest BCUT2D eigenvalue weighted by Crippen LogP contribution is -2.35. The molecule has 1 heterocycles. The van der Waals surface area contributed by atoms with Crippen LogP contribution >= 0.6 is 0 Å². The molecule has 6 nitrogen and oxygen atoms in total. The van der Waals surface area contributed by atoms with E-state index in [-0.39, 0.29) is 24.5 Å². The molecule has 2 atom stereocenters. The van der Waals surface area contributed by atoms with Gasteiger partial charge in [-0.15, -0.1) is 5.10 Å². The van der Waals surface area contributed by atoms with Crippen LogP contribution in [0, 0.1) is 0 Å². The molecule has 1 aromatic rings. The molecule has 0 aliphatic carbocycles. The van der Waals surface area contributed by atoms with Crippen LogP contribution in [0.3, 0.4) is 0 Å². The molecule has 96 valence electrons. The highest BCUT2D eigenvalue weighted by Gasteiger charge is 2.10. The summed E-state index contributed by atoms with van der Waals surface area (Å²) in [5.74, 6) is -0.0490. The van der Waals surface area contributed by atoms with Crippen LogP contribution in [0.15, 0.2) is 6.20 Å². The molecule has 0 aliphatic heterocycles. The van der Waals surface area contributed by atoms with Crippen LogP contribution < -0.4 is 11.1 Å². The lowest BCUT2D eigenvalue weighted by Gasteiger charge is -2.12. The van der Waals surface area contributed by atoms with Gasteiger partial charge in [0.15, 0.2) is 0 Å². The average molecular weight is 239 g/mol. The van der Waals surface area contributed by atoms with E-state index >= 15 is 0 Å². The summed E-state index contributed by atoms with van der Waals surface area (Å²) in [7, 11) is 0. The van der Waals surface area contributed by atoms with Crippen LogP contribution in [-0.2, 0) is 11.3 Å². The van der Waals surface area contributed by atoms with Crippen LogP contribution in [0.2, 0.25) is 0 Å². The molecule has 0 aliphatic rings. The highest BCUT2D eigenvalue weighted by atomic mass is 16.2. The molecular weight excluding hydrogens is 218 g/mol. The number of amides is 1. The van der Waals surface area contributed by atoms with Crippen molar-refractivity contribution in [1.82, 2.24) is 20.3 Å². The summed E-state index contributed by atoms with van der Waals surface area (Å²) < 4.78 is 1.51. The fourth-order valence-electron chi connectivity index (χ4n) is 1.57. The Morgan fingerprint density at radius 2 is 2.29 bits per heavy atom. The van der Waals surface area contributed by atoms with Gasteiger partial charge in [0, 0.05) is 12.1 Å². The molecule has 0 spiro atoms. The topological polar surface area (TPSA) is 85.8 Å². The van der Waals surface area contributed by atoms with Gasteiger partial charge >= 0.3 is 0 Å². The standard InChI is InChI=1S/C11H21N5O/c1-4-5-8(2)13-11(17)7-16-6-10(9(3)12)14-15-16/h6,8-9H,4-5,7,12H2,1-3H3,(H,13,17). The van der Waals surface area contributed by atoms with Gasteiger partial charge in [-0.25, -0.2) is 4.68 Å². The van der Waals surface area contributed by atoms with Gasteiger partial charge in [0.1, 0.15) is 6.54 Å². The lowest BCUT2D eigenvalue weighted by atomic mass is 10.2. The minimum absolute atomic E-state index is 0.0490. The first-order valence-corrected chi connectivity index (χ1v) is 5.98. The van der Waals surface area contributed by atoms with Crippen molar-refractivity contribution in [3.8, 4) is 0 Å². The summed E-state index contributed by atoms with van der Waals surface area (Å²) in [5.41, 5.74) is 6.36. The number of nitrogens with two attached hydrogens (primary N) is 1. The number of nitrogens with one attached hydrogen (secondary N) is 1. The highest BCUT2D eigenvalue weighted by molar-refractivity contribution is 5.75. The summed E-state index contributed by atoms with van der Waals surface area (Å²) in [4.78, 5) is 11.6. The second-order valence-corrected chi connectivity index (χ2v) is 4.39. The molecule has 0 saturated carbocycles. The SMILES string of the molecule is CCCC(C)NC(=O)Cn1cc(C(C)N)nn1. The van der Waals surface area contributed by atoms with Gasteiger partial charge in [-0.2, -0.15) is 0 Å². The van der Waals surface area contributed by atoms with Crippen LogP contribution in [-0.4, -0.2) is 26.9 Å².